The molecule has 0 aromatic carbocycles. The van der Waals surface area contributed by atoms with E-state index in [0.717, 1.165) is 4.31 Å². The Hall–Kier alpha value is -1.87. The number of carbonyl (C=O) groups is 2. The summed E-state index contributed by atoms with van der Waals surface area (Å²) in [6.07, 6.45) is 1.11. The number of amides is 1. The lowest BCUT2D eigenvalue weighted by Gasteiger charge is -2.29. The second kappa shape index (κ2) is 6.09. The third-order valence-corrected chi connectivity index (χ3v) is 5.27. The minimum atomic E-state index is -3.74. The molecule has 1 saturated heterocycles. The van der Waals surface area contributed by atoms with Crippen molar-refractivity contribution in [1.82, 2.24) is 9.21 Å². The van der Waals surface area contributed by atoms with E-state index in [2.05, 4.69) is 0 Å². The number of nitrogens with zero attached hydrogens (tertiary/aromatic N) is 2. The Bertz CT molecular complexity index is 678. The number of sulfonamides is 1. The van der Waals surface area contributed by atoms with Crippen molar-refractivity contribution in [1.29, 1.82) is 0 Å². The van der Waals surface area contributed by atoms with Gasteiger partial charge in [-0.3, -0.25) is 9.59 Å². The van der Waals surface area contributed by atoms with Crippen LogP contribution in [0.15, 0.2) is 21.6 Å². The summed E-state index contributed by atoms with van der Waals surface area (Å²) in [6.45, 7) is 0.531. The van der Waals surface area contributed by atoms with Gasteiger partial charge in [0.15, 0.2) is 5.76 Å². The van der Waals surface area contributed by atoms with Crippen molar-refractivity contribution >= 4 is 21.9 Å². The topological polar surface area (TPSA) is 108 Å². The summed E-state index contributed by atoms with van der Waals surface area (Å²) in [7, 11) is -1.02. The second-order valence-electron chi connectivity index (χ2n) is 5.33. The molecule has 1 aliphatic heterocycles. The summed E-state index contributed by atoms with van der Waals surface area (Å²) in [5, 5.41) is 8.72. The molecule has 1 aromatic rings. The van der Waals surface area contributed by atoms with Crippen LogP contribution in [0.5, 0.6) is 0 Å². The van der Waals surface area contributed by atoms with Gasteiger partial charge in [-0.25, -0.2) is 12.7 Å². The Balaban J connectivity index is 2.17. The number of carboxylic acid groups (broad SMARTS) is 1. The molecule has 2 rings (SSSR count). The van der Waals surface area contributed by atoms with Crippen LogP contribution in [0.25, 0.3) is 0 Å². The number of carboxylic acids is 1. The SMILES string of the molecule is CN(C)S(=O)(=O)c1ccc(C(=O)N2CCCC(C(=O)O)C2)o1. The molecule has 0 bridgehead atoms. The van der Waals surface area contributed by atoms with Crippen LogP contribution in [0.3, 0.4) is 0 Å². The van der Waals surface area contributed by atoms with E-state index < -0.39 is 27.8 Å². The van der Waals surface area contributed by atoms with Gasteiger partial charge in [0.2, 0.25) is 5.09 Å². The zero-order chi connectivity index (χ0) is 16.5. The fourth-order valence-electron chi connectivity index (χ4n) is 2.27. The number of likely N-dealkylation sites (tertiary alicyclic amines) is 1. The van der Waals surface area contributed by atoms with Gasteiger partial charge >= 0.3 is 5.97 Å². The zero-order valence-corrected chi connectivity index (χ0v) is 13.2. The lowest BCUT2D eigenvalue weighted by atomic mass is 9.98. The molecule has 1 aliphatic rings. The third kappa shape index (κ3) is 3.14. The molecule has 9 heteroatoms. The molecule has 1 N–H and O–H groups in total. The van der Waals surface area contributed by atoms with E-state index in [-0.39, 0.29) is 17.4 Å². The summed E-state index contributed by atoms with van der Waals surface area (Å²) in [6, 6.07) is 2.52. The van der Waals surface area contributed by atoms with E-state index in [1.54, 1.807) is 0 Å². The van der Waals surface area contributed by atoms with E-state index >= 15 is 0 Å². The van der Waals surface area contributed by atoms with Gasteiger partial charge in [-0.05, 0) is 25.0 Å². The average molecular weight is 330 g/mol. The summed E-state index contributed by atoms with van der Waals surface area (Å²) in [5.74, 6) is -2.14. The Morgan fingerprint density at radius 3 is 2.64 bits per heavy atom. The minimum absolute atomic E-state index is 0.102. The van der Waals surface area contributed by atoms with Crippen molar-refractivity contribution in [2.45, 2.75) is 17.9 Å². The zero-order valence-electron chi connectivity index (χ0n) is 12.4. The van der Waals surface area contributed by atoms with E-state index in [1.807, 2.05) is 0 Å². The van der Waals surface area contributed by atoms with E-state index in [0.29, 0.717) is 19.4 Å². The van der Waals surface area contributed by atoms with Gasteiger partial charge in [-0.15, -0.1) is 0 Å². The lowest BCUT2D eigenvalue weighted by molar-refractivity contribution is -0.143. The first-order valence-electron chi connectivity index (χ1n) is 6.78. The largest absolute Gasteiger partial charge is 0.481 e. The van der Waals surface area contributed by atoms with Gasteiger partial charge in [-0.2, -0.15) is 0 Å². The van der Waals surface area contributed by atoms with Crippen LogP contribution in [0, 0.1) is 5.92 Å². The first-order valence-corrected chi connectivity index (χ1v) is 8.22. The smallest absolute Gasteiger partial charge is 0.308 e. The van der Waals surface area contributed by atoms with Crippen molar-refractivity contribution in [2.24, 2.45) is 5.92 Å². The summed E-state index contributed by atoms with van der Waals surface area (Å²) < 4.78 is 30.0. The maximum atomic E-state index is 12.3. The first-order chi connectivity index (χ1) is 10.2. The van der Waals surface area contributed by atoms with Crippen LogP contribution in [0.1, 0.15) is 23.4 Å². The Morgan fingerprint density at radius 1 is 1.36 bits per heavy atom. The van der Waals surface area contributed by atoms with Crippen molar-refractivity contribution in [2.75, 3.05) is 27.2 Å². The van der Waals surface area contributed by atoms with Crippen molar-refractivity contribution in [3.8, 4) is 0 Å². The quantitative estimate of drug-likeness (QED) is 0.859. The second-order valence-corrected chi connectivity index (χ2v) is 7.42. The first kappa shape index (κ1) is 16.5. The van der Waals surface area contributed by atoms with Crippen LogP contribution in [0.2, 0.25) is 0 Å². The maximum Gasteiger partial charge on any atom is 0.308 e. The Kier molecular flexibility index (Phi) is 4.57. The summed E-state index contributed by atoms with van der Waals surface area (Å²) in [5.41, 5.74) is 0. The van der Waals surface area contributed by atoms with Crippen LogP contribution in [-0.4, -0.2) is 61.8 Å². The molecule has 122 valence electrons. The van der Waals surface area contributed by atoms with E-state index in [4.69, 9.17) is 9.52 Å². The number of rotatable bonds is 4. The third-order valence-electron chi connectivity index (χ3n) is 3.58. The summed E-state index contributed by atoms with van der Waals surface area (Å²) in [4.78, 5) is 24.7. The molecular formula is C13H18N2O6S. The van der Waals surface area contributed by atoms with Gasteiger partial charge in [0.25, 0.3) is 15.9 Å². The molecule has 0 aliphatic carbocycles. The molecule has 1 unspecified atom stereocenters. The molecule has 1 fully saturated rings. The van der Waals surface area contributed by atoms with Crippen molar-refractivity contribution in [3.05, 3.63) is 17.9 Å². The normalized spacial score (nSPS) is 19.4. The predicted octanol–water partition coefficient (Wildman–Crippen LogP) is 0.467. The van der Waals surface area contributed by atoms with Crippen LogP contribution in [-0.2, 0) is 14.8 Å². The van der Waals surface area contributed by atoms with Gasteiger partial charge in [0, 0.05) is 27.2 Å². The highest BCUT2D eigenvalue weighted by Crippen LogP contribution is 2.22. The lowest BCUT2D eigenvalue weighted by Crippen LogP contribution is -2.42. The minimum Gasteiger partial charge on any atom is -0.481 e. The van der Waals surface area contributed by atoms with Crippen LogP contribution < -0.4 is 0 Å². The number of carbonyl (C=O) groups excluding carboxylic acids is 1. The fraction of sp³-hybridized carbons (Fsp3) is 0.538. The number of aliphatic carboxylic acids is 1. The Labute approximate surface area is 128 Å². The molecule has 0 saturated carbocycles. The van der Waals surface area contributed by atoms with Gasteiger partial charge in [-0.1, -0.05) is 0 Å². The highest BCUT2D eigenvalue weighted by Gasteiger charge is 2.31. The van der Waals surface area contributed by atoms with Crippen LogP contribution >= 0.6 is 0 Å². The van der Waals surface area contributed by atoms with Crippen molar-refractivity contribution in [3.63, 3.8) is 0 Å². The molecule has 0 spiro atoms. The van der Waals surface area contributed by atoms with Crippen molar-refractivity contribution < 1.29 is 27.5 Å². The molecule has 1 amide bonds. The number of furan rings is 1. The maximum absolute atomic E-state index is 12.3. The molecular weight excluding hydrogens is 312 g/mol. The number of hydrogen-bond donors (Lipinski definition) is 1. The molecule has 8 nitrogen and oxygen atoms in total. The van der Waals surface area contributed by atoms with E-state index in [1.165, 1.54) is 31.1 Å². The standard InChI is InChI=1S/C13H18N2O6S/c1-14(2)22(19,20)11-6-5-10(21-11)12(16)15-7-3-4-9(8-15)13(17)18/h5-6,9H,3-4,7-8H2,1-2H3,(H,17,18). The van der Waals surface area contributed by atoms with Crippen LogP contribution in [0.4, 0.5) is 0 Å². The predicted molar refractivity (Wildman–Crippen MR) is 75.8 cm³/mol. The number of piperidine rings is 1. The number of hydrogen-bond acceptors (Lipinski definition) is 5. The van der Waals surface area contributed by atoms with Gasteiger partial charge in [0.1, 0.15) is 0 Å². The molecule has 2 heterocycles. The van der Waals surface area contributed by atoms with Gasteiger partial charge < -0.3 is 14.4 Å². The average Bonchev–Trinajstić information content (AvgIpc) is 2.96. The Morgan fingerprint density at radius 2 is 2.05 bits per heavy atom. The fourth-order valence-corrected chi connectivity index (χ4v) is 3.07. The van der Waals surface area contributed by atoms with E-state index in [9.17, 15) is 18.0 Å². The molecule has 1 atom stereocenters. The highest BCUT2D eigenvalue weighted by molar-refractivity contribution is 7.88. The molecule has 22 heavy (non-hydrogen) atoms. The highest BCUT2D eigenvalue weighted by atomic mass is 32.2. The summed E-state index contributed by atoms with van der Waals surface area (Å²) >= 11 is 0. The van der Waals surface area contributed by atoms with Gasteiger partial charge in [0.05, 0.1) is 5.92 Å². The monoisotopic (exact) mass is 330 g/mol. The molecule has 0 radical (unpaired) electrons. The molecule has 1 aromatic heterocycles.